The van der Waals surface area contributed by atoms with Crippen LogP contribution in [0.3, 0.4) is 0 Å². The number of fused-ring (bicyclic) bond motifs is 1. The van der Waals surface area contributed by atoms with Crippen LogP contribution in [-0.4, -0.2) is 41.4 Å². The smallest absolute Gasteiger partial charge is 0.226 e. The lowest BCUT2D eigenvalue weighted by atomic mass is 10.0. The Morgan fingerprint density at radius 2 is 1.91 bits per heavy atom. The van der Waals surface area contributed by atoms with Gasteiger partial charge in [-0.25, -0.2) is 4.98 Å². The number of anilines is 3. The highest BCUT2D eigenvalue weighted by molar-refractivity contribution is 5.84. The zero-order valence-electron chi connectivity index (χ0n) is 19.6. The van der Waals surface area contributed by atoms with Gasteiger partial charge in [0, 0.05) is 29.9 Å². The fourth-order valence-electron chi connectivity index (χ4n) is 4.00. The first-order valence-corrected chi connectivity index (χ1v) is 11.2. The van der Waals surface area contributed by atoms with Crippen LogP contribution >= 0.6 is 0 Å². The summed E-state index contributed by atoms with van der Waals surface area (Å²) in [4.78, 5) is 14.0. The summed E-state index contributed by atoms with van der Waals surface area (Å²) in [7, 11) is 0. The van der Waals surface area contributed by atoms with Gasteiger partial charge in [0.05, 0.1) is 11.9 Å². The number of imidazole rings is 1. The van der Waals surface area contributed by atoms with Crippen molar-refractivity contribution in [3.63, 3.8) is 0 Å². The molecule has 32 heavy (non-hydrogen) atoms. The molecule has 1 atom stereocenters. The van der Waals surface area contributed by atoms with Crippen LogP contribution in [0.2, 0.25) is 0 Å². The highest BCUT2D eigenvalue weighted by Gasteiger charge is 2.21. The number of hydrogen-bond acceptors (Lipinski definition) is 8. The number of phenols is 1. The van der Waals surface area contributed by atoms with E-state index in [0.717, 1.165) is 18.5 Å². The summed E-state index contributed by atoms with van der Waals surface area (Å²) < 4.78 is 2.09. The first kappa shape index (κ1) is 23.6. The summed E-state index contributed by atoms with van der Waals surface area (Å²) in [5.74, 6) is 1.19. The maximum Gasteiger partial charge on any atom is 0.226 e. The van der Waals surface area contributed by atoms with E-state index in [0.29, 0.717) is 41.5 Å². The Labute approximate surface area is 189 Å². The van der Waals surface area contributed by atoms with Gasteiger partial charge in [0.15, 0.2) is 17.0 Å². The highest BCUT2D eigenvalue weighted by atomic mass is 16.3. The van der Waals surface area contributed by atoms with Gasteiger partial charge in [-0.15, -0.1) is 0 Å². The first-order chi connectivity index (χ1) is 15.1. The van der Waals surface area contributed by atoms with Crippen LogP contribution in [0.25, 0.3) is 11.2 Å². The molecule has 0 saturated carbocycles. The lowest BCUT2D eigenvalue weighted by Gasteiger charge is -2.23. The number of aromatic hydroxyl groups is 1. The molecular weight excluding hydrogens is 406 g/mol. The highest BCUT2D eigenvalue weighted by Crippen LogP contribution is 2.28. The molecule has 3 aromatic rings. The van der Waals surface area contributed by atoms with E-state index in [9.17, 15) is 10.2 Å². The average molecular weight is 442 g/mol. The molecule has 0 saturated heterocycles. The summed E-state index contributed by atoms with van der Waals surface area (Å²) in [6.45, 7) is 10.2. The predicted octanol–water partition coefficient (Wildman–Crippen LogP) is 4.05. The van der Waals surface area contributed by atoms with E-state index in [4.69, 9.17) is 10.7 Å². The zero-order valence-corrected chi connectivity index (χ0v) is 19.6. The molecule has 174 valence electrons. The van der Waals surface area contributed by atoms with Crippen LogP contribution in [0.5, 0.6) is 5.75 Å². The third kappa shape index (κ3) is 5.59. The van der Waals surface area contributed by atoms with E-state index in [1.807, 2.05) is 13.3 Å². The Kier molecular flexibility index (Phi) is 7.08. The van der Waals surface area contributed by atoms with Crippen molar-refractivity contribution in [2.24, 2.45) is 0 Å². The monoisotopic (exact) mass is 441 g/mol. The second-order valence-corrected chi connectivity index (χ2v) is 8.99. The molecule has 9 nitrogen and oxygen atoms in total. The maximum atomic E-state index is 10.2. The number of aromatic nitrogens is 4. The van der Waals surface area contributed by atoms with Gasteiger partial charge in [-0.2, -0.15) is 9.97 Å². The van der Waals surface area contributed by atoms with Crippen molar-refractivity contribution in [1.29, 1.82) is 0 Å². The molecule has 9 heteroatoms. The molecule has 2 aromatic heterocycles. The minimum Gasteiger partial charge on any atom is -0.508 e. The SMILES string of the molecule is CCC(CC)n1cnc2c(NCc3cc(N)ccc3O)nc(NC(C)CC(C)(C)O)nc21. The number of nitrogens with two attached hydrogens (primary N) is 1. The number of rotatable bonds is 10. The number of nitrogen functional groups attached to an aromatic ring is 1. The van der Waals surface area contributed by atoms with E-state index in [1.165, 1.54) is 0 Å². The predicted molar refractivity (Wildman–Crippen MR) is 129 cm³/mol. The quantitative estimate of drug-likeness (QED) is 0.235. The van der Waals surface area contributed by atoms with Crippen LogP contribution in [0.15, 0.2) is 24.5 Å². The number of nitrogens with one attached hydrogen (secondary N) is 2. The molecule has 0 aliphatic carbocycles. The minimum atomic E-state index is -0.806. The van der Waals surface area contributed by atoms with E-state index in [-0.39, 0.29) is 17.8 Å². The summed E-state index contributed by atoms with van der Waals surface area (Å²) >= 11 is 0. The number of aliphatic hydroxyl groups is 1. The standard InChI is InChI=1S/C23H35N7O2/c1-6-17(7-2)30-13-26-19-20(25-12-15-10-16(24)8-9-18(15)31)28-22(29-21(19)30)27-14(3)11-23(4,5)32/h8-10,13-14,17,31-32H,6-7,11-12,24H2,1-5H3,(H2,25,27,28,29). The lowest BCUT2D eigenvalue weighted by molar-refractivity contribution is 0.0672. The number of hydrogen-bond donors (Lipinski definition) is 5. The molecule has 2 heterocycles. The minimum absolute atomic E-state index is 0.0391. The molecule has 0 spiro atoms. The van der Waals surface area contributed by atoms with Crippen LogP contribution in [0.1, 0.15) is 65.5 Å². The van der Waals surface area contributed by atoms with Crippen molar-refractivity contribution in [1.82, 2.24) is 19.5 Å². The molecule has 0 fully saturated rings. The topological polar surface area (TPSA) is 134 Å². The Hall–Kier alpha value is -3.07. The van der Waals surface area contributed by atoms with Gasteiger partial charge in [0.1, 0.15) is 5.75 Å². The third-order valence-electron chi connectivity index (χ3n) is 5.49. The summed E-state index contributed by atoms with van der Waals surface area (Å²) in [6.07, 6.45) is 4.28. The Bertz CT molecular complexity index is 1050. The van der Waals surface area contributed by atoms with E-state index >= 15 is 0 Å². The molecule has 0 aliphatic heterocycles. The Morgan fingerprint density at radius 1 is 1.19 bits per heavy atom. The van der Waals surface area contributed by atoms with Crippen molar-refractivity contribution in [2.75, 3.05) is 16.4 Å². The molecule has 0 radical (unpaired) electrons. The van der Waals surface area contributed by atoms with Crippen molar-refractivity contribution < 1.29 is 10.2 Å². The number of nitrogens with zero attached hydrogens (tertiary/aromatic N) is 4. The van der Waals surface area contributed by atoms with E-state index < -0.39 is 5.60 Å². The molecule has 1 unspecified atom stereocenters. The largest absolute Gasteiger partial charge is 0.508 e. The van der Waals surface area contributed by atoms with Crippen LogP contribution < -0.4 is 16.4 Å². The fourth-order valence-corrected chi connectivity index (χ4v) is 4.00. The second kappa shape index (κ2) is 9.60. The summed E-state index contributed by atoms with van der Waals surface area (Å²) in [6, 6.07) is 5.21. The van der Waals surface area contributed by atoms with Crippen molar-refractivity contribution in [2.45, 2.75) is 78.1 Å². The summed E-state index contributed by atoms with van der Waals surface area (Å²) in [5, 5.41) is 26.9. The second-order valence-electron chi connectivity index (χ2n) is 8.99. The molecular formula is C23H35N7O2. The first-order valence-electron chi connectivity index (χ1n) is 11.2. The van der Waals surface area contributed by atoms with Crippen molar-refractivity contribution in [3.05, 3.63) is 30.1 Å². The van der Waals surface area contributed by atoms with Gasteiger partial charge in [0.2, 0.25) is 5.95 Å². The van der Waals surface area contributed by atoms with Crippen LogP contribution in [-0.2, 0) is 6.54 Å². The maximum absolute atomic E-state index is 10.2. The van der Waals surface area contributed by atoms with E-state index in [2.05, 4.69) is 39.0 Å². The normalized spacial score (nSPS) is 13.0. The van der Waals surface area contributed by atoms with Gasteiger partial charge >= 0.3 is 0 Å². The Balaban J connectivity index is 1.98. The van der Waals surface area contributed by atoms with Gasteiger partial charge in [-0.05, 0) is 58.2 Å². The van der Waals surface area contributed by atoms with Gasteiger partial charge in [-0.1, -0.05) is 13.8 Å². The molecule has 0 aliphatic rings. The molecule has 3 rings (SSSR count). The van der Waals surface area contributed by atoms with Gasteiger partial charge in [-0.3, -0.25) is 0 Å². The van der Waals surface area contributed by atoms with Crippen molar-refractivity contribution in [3.8, 4) is 5.75 Å². The van der Waals surface area contributed by atoms with Gasteiger partial charge in [0.25, 0.3) is 0 Å². The molecule has 0 bridgehead atoms. The molecule has 6 N–H and O–H groups in total. The van der Waals surface area contributed by atoms with Crippen molar-refractivity contribution >= 4 is 28.6 Å². The Morgan fingerprint density at radius 3 is 2.56 bits per heavy atom. The average Bonchev–Trinajstić information content (AvgIpc) is 3.12. The van der Waals surface area contributed by atoms with Crippen LogP contribution in [0, 0.1) is 0 Å². The lowest BCUT2D eigenvalue weighted by Crippen LogP contribution is -2.29. The number of benzene rings is 1. The van der Waals surface area contributed by atoms with Gasteiger partial charge < -0.3 is 31.1 Å². The molecule has 0 amide bonds. The van der Waals surface area contributed by atoms with E-state index in [1.54, 1.807) is 32.0 Å². The third-order valence-corrected chi connectivity index (χ3v) is 5.49. The summed E-state index contributed by atoms with van der Waals surface area (Å²) in [5.41, 5.74) is 7.72. The van der Waals surface area contributed by atoms with Crippen LogP contribution in [0.4, 0.5) is 17.5 Å². The number of phenolic OH excluding ortho intramolecular Hbond substituents is 1. The zero-order chi connectivity index (χ0) is 23.5. The molecule has 1 aromatic carbocycles. The fraction of sp³-hybridized carbons (Fsp3) is 0.522.